The first-order chi connectivity index (χ1) is 19.3. The van der Waals surface area contributed by atoms with Gasteiger partial charge in [-0.1, -0.05) is 155 Å². The number of hydrogen-bond donors (Lipinski definition) is 3. The highest BCUT2D eigenvalue weighted by Gasteiger charge is 1.99. The van der Waals surface area contributed by atoms with Crippen LogP contribution in [0.5, 0.6) is 0 Å². The Hall–Kier alpha value is -1.59. The SMILES string of the molecule is CC(C)CCCCCCCCCCCCCCC(=O)O.O=C(O)CCCCCCCCCCCCCCC(=O)O. The largest absolute Gasteiger partial charge is 0.481 e. The zero-order chi connectivity index (χ0) is 30.1. The van der Waals surface area contributed by atoms with Gasteiger partial charge in [-0.05, 0) is 25.2 Å². The molecule has 0 aliphatic carbocycles. The van der Waals surface area contributed by atoms with E-state index in [2.05, 4.69) is 13.8 Å². The molecule has 0 radical (unpaired) electrons. The number of carboxylic acids is 3. The first-order valence-electron chi connectivity index (χ1n) is 16.9. The summed E-state index contributed by atoms with van der Waals surface area (Å²) in [5.74, 6) is -1.16. The predicted octanol–water partition coefficient (Wildman–Crippen LogP) is 10.8. The third kappa shape index (κ3) is 43.5. The van der Waals surface area contributed by atoms with Crippen LogP contribution in [0.3, 0.4) is 0 Å². The molecule has 0 spiro atoms. The molecule has 0 aromatic heterocycles. The molecule has 238 valence electrons. The molecule has 0 aliphatic rings. The van der Waals surface area contributed by atoms with Gasteiger partial charge >= 0.3 is 17.9 Å². The summed E-state index contributed by atoms with van der Waals surface area (Å²) in [6, 6.07) is 0. The van der Waals surface area contributed by atoms with E-state index in [1.165, 1.54) is 109 Å². The third-order valence-electron chi connectivity index (χ3n) is 7.45. The quantitative estimate of drug-likeness (QED) is 0.0740. The van der Waals surface area contributed by atoms with Gasteiger partial charge in [0.25, 0.3) is 0 Å². The van der Waals surface area contributed by atoms with Crippen molar-refractivity contribution in [2.75, 3.05) is 0 Å². The van der Waals surface area contributed by atoms with Crippen molar-refractivity contribution in [3.05, 3.63) is 0 Å². The number of aliphatic carboxylic acids is 3. The second-order valence-corrected chi connectivity index (χ2v) is 12.1. The molecule has 0 fully saturated rings. The fraction of sp³-hybridized carbons (Fsp3) is 0.912. The minimum Gasteiger partial charge on any atom is -0.481 e. The van der Waals surface area contributed by atoms with Crippen LogP contribution in [0.1, 0.15) is 194 Å². The molecule has 0 aromatic rings. The van der Waals surface area contributed by atoms with Gasteiger partial charge in [-0.25, -0.2) is 0 Å². The molecular formula is C34H66O6. The predicted molar refractivity (Wildman–Crippen MR) is 167 cm³/mol. The summed E-state index contributed by atoms with van der Waals surface area (Å²) in [5, 5.41) is 25.5. The Labute approximate surface area is 247 Å². The number of carboxylic acid groups (broad SMARTS) is 3. The van der Waals surface area contributed by atoms with E-state index in [0.717, 1.165) is 57.3 Å². The zero-order valence-electron chi connectivity index (χ0n) is 26.4. The number of rotatable bonds is 30. The smallest absolute Gasteiger partial charge is 0.303 e. The van der Waals surface area contributed by atoms with E-state index in [0.29, 0.717) is 19.3 Å². The van der Waals surface area contributed by atoms with Gasteiger partial charge in [0.2, 0.25) is 0 Å². The molecule has 0 unspecified atom stereocenters. The Morgan fingerprint density at radius 1 is 0.350 bits per heavy atom. The second-order valence-electron chi connectivity index (χ2n) is 12.1. The Morgan fingerprint density at radius 2 is 0.525 bits per heavy atom. The lowest BCUT2D eigenvalue weighted by Gasteiger charge is -2.04. The van der Waals surface area contributed by atoms with Gasteiger partial charge in [0.15, 0.2) is 0 Å². The van der Waals surface area contributed by atoms with Crippen molar-refractivity contribution in [3.8, 4) is 0 Å². The van der Waals surface area contributed by atoms with Gasteiger partial charge in [-0.2, -0.15) is 0 Å². The lowest BCUT2D eigenvalue weighted by Crippen LogP contribution is -1.93. The Bertz CT molecular complexity index is 535. The van der Waals surface area contributed by atoms with Crippen LogP contribution in [0.4, 0.5) is 0 Å². The summed E-state index contributed by atoms with van der Waals surface area (Å²) in [5.41, 5.74) is 0. The van der Waals surface area contributed by atoms with Crippen LogP contribution in [-0.2, 0) is 14.4 Å². The number of unbranched alkanes of at least 4 members (excludes halogenated alkanes) is 22. The van der Waals surface area contributed by atoms with E-state index >= 15 is 0 Å². The maximum Gasteiger partial charge on any atom is 0.303 e. The van der Waals surface area contributed by atoms with Gasteiger partial charge in [-0.15, -0.1) is 0 Å². The summed E-state index contributed by atoms with van der Waals surface area (Å²) in [6.07, 6.45) is 31.4. The van der Waals surface area contributed by atoms with Crippen LogP contribution >= 0.6 is 0 Å². The van der Waals surface area contributed by atoms with Crippen molar-refractivity contribution >= 4 is 17.9 Å². The average Bonchev–Trinajstić information content (AvgIpc) is 2.88. The van der Waals surface area contributed by atoms with Gasteiger partial charge < -0.3 is 15.3 Å². The molecule has 0 aromatic carbocycles. The summed E-state index contributed by atoms with van der Waals surface area (Å²) in [7, 11) is 0. The van der Waals surface area contributed by atoms with Gasteiger partial charge in [-0.3, -0.25) is 14.4 Å². The molecule has 0 heterocycles. The van der Waals surface area contributed by atoms with Crippen molar-refractivity contribution in [1.82, 2.24) is 0 Å². The van der Waals surface area contributed by atoms with Crippen LogP contribution in [0.2, 0.25) is 0 Å². The molecule has 0 atom stereocenters. The molecule has 6 nitrogen and oxygen atoms in total. The molecule has 0 saturated carbocycles. The summed E-state index contributed by atoms with van der Waals surface area (Å²) in [6.45, 7) is 4.61. The van der Waals surface area contributed by atoms with Crippen LogP contribution in [-0.4, -0.2) is 33.2 Å². The van der Waals surface area contributed by atoms with Gasteiger partial charge in [0.1, 0.15) is 0 Å². The minimum atomic E-state index is -0.687. The van der Waals surface area contributed by atoms with E-state index in [-0.39, 0.29) is 0 Å². The summed E-state index contributed by atoms with van der Waals surface area (Å²) in [4.78, 5) is 30.9. The topological polar surface area (TPSA) is 112 Å². The monoisotopic (exact) mass is 570 g/mol. The van der Waals surface area contributed by atoms with Crippen molar-refractivity contribution in [2.45, 2.75) is 194 Å². The van der Waals surface area contributed by atoms with Gasteiger partial charge in [0.05, 0.1) is 0 Å². The van der Waals surface area contributed by atoms with E-state index in [1.54, 1.807) is 0 Å². The van der Waals surface area contributed by atoms with E-state index in [1.807, 2.05) is 0 Å². The normalized spacial score (nSPS) is 10.9. The molecule has 6 heteroatoms. The zero-order valence-corrected chi connectivity index (χ0v) is 26.4. The maximum atomic E-state index is 10.3. The third-order valence-corrected chi connectivity index (χ3v) is 7.45. The minimum absolute atomic E-state index is 0.307. The van der Waals surface area contributed by atoms with Crippen molar-refractivity contribution in [3.63, 3.8) is 0 Å². The molecule has 0 saturated heterocycles. The van der Waals surface area contributed by atoms with Crippen LogP contribution in [0, 0.1) is 5.92 Å². The number of hydrogen-bond acceptors (Lipinski definition) is 3. The highest BCUT2D eigenvalue weighted by Crippen LogP contribution is 2.15. The Balaban J connectivity index is 0. The highest BCUT2D eigenvalue weighted by atomic mass is 16.4. The van der Waals surface area contributed by atoms with Crippen molar-refractivity contribution in [2.24, 2.45) is 5.92 Å². The Morgan fingerprint density at radius 3 is 0.700 bits per heavy atom. The molecule has 0 bridgehead atoms. The van der Waals surface area contributed by atoms with E-state index in [4.69, 9.17) is 15.3 Å². The Kier molecular flexibility index (Phi) is 34.1. The lowest BCUT2D eigenvalue weighted by atomic mass is 10.0. The number of carbonyl (C=O) groups is 3. The van der Waals surface area contributed by atoms with Crippen LogP contribution in [0.15, 0.2) is 0 Å². The fourth-order valence-electron chi connectivity index (χ4n) is 4.92. The van der Waals surface area contributed by atoms with E-state index in [9.17, 15) is 14.4 Å². The van der Waals surface area contributed by atoms with Gasteiger partial charge in [0, 0.05) is 19.3 Å². The fourth-order valence-corrected chi connectivity index (χ4v) is 4.92. The molecule has 40 heavy (non-hydrogen) atoms. The van der Waals surface area contributed by atoms with Crippen LogP contribution < -0.4 is 0 Å². The standard InChI is InChI=1S/C18H36O2.C16H30O4/c1-17(2)15-13-11-9-7-5-3-4-6-8-10-12-14-16-18(19)20;17-15(18)13-11-9-7-5-3-1-2-4-6-8-10-12-14-16(19)20/h17H,3-16H2,1-2H3,(H,19,20);1-14H2,(H,17,18)(H,19,20). The first kappa shape index (κ1) is 40.5. The molecule has 0 amide bonds. The molecular weight excluding hydrogens is 504 g/mol. The summed E-state index contributed by atoms with van der Waals surface area (Å²) >= 11 is 0. The average molecular weight is 571 g/mol. The van der Waals surface area contributed by atoms with Crippen LogP contribution in [0.25, 0.3) is 0 Å². The molecule has 3 N–H and O–H groups in total. The molecule has 0 rings (SSSR count). The lowest BCUT2D eigenvalue weighted by molar-refractivity contribution is -0.138. The highest BCUT2D eigenvalue weighted by molar-refractivity contribution is 5.67. The summed E-state index contributed by atoms with van der Waals surface area (Å²) < 4.78 is 0. The van der Waals surface area contributed by atoms with E-state index < -0.39 is 17.9 Å². The van der Waals surface area contributed by atoms with Crippen molar-refractivity contribution < 1.29 is 29.7 Å². The van der Waals surface area contributed by atoms with Crippen molar-refractivity contribution in [1.29, 1.82) is 0 Å². The second kappa shape index (κ2) is 33.6. The maximum absolute atomic E-state index is 10.3. The first-order valence-corrected chi connectivity index (χ1v) is 16.9. The molecule has 0 aliphatic heterocycles.